The van der Waals surface area contributed by atoms with Gasteiger partial charge in [-0.05, 0) is 24.3 Å². The van der Waals surface area contributed by atoms with Crippen molar-refractivity contribution in [2.24, 2.45) is 0 Å². The number of ketones is 1. The molecule has 0 heterocycles. The van der Waals surface area contributed by atoms with E-state index in [1.165, 1.54) is 0 Å². The van der Waals surface area contributed by atoms with E-state index in [0.717, 1.165) is 5.69 Å². The summed E-state index contributed by atoms with van der Waals surface area (Å²) in [6.07, 6.45) is 0. The van der Waals surface area contributed by atoms with Crippen molar-refractivity contribution >= 4 is 23.1 Å². The van der Waals surface area contributed by atoms with Gasteiger partial charge >= 0.3 is 0 Å². The average Bonchev–Trinajstić information content (AvgIpc) is 2.38. The van der Waals surface area contributed by atoms with Gasteiger partial charge in [-0.15, -0.1) is 0 Å². The summed E-state index contributed by atoms with van der Waals surface area (Å²) in [4.78, 5) is 12.3. The second-order valence-electron chi connectivity index (χ2n) is 3.64. The Bertz CT molecular complexity index is 551. The molecule has 0 bridgehead atoms. The van der Waals surface area contributed by atoms with Gasteiger partial charge in [0.2, 0.25) is 0 Å². The molecule has 0 aliphatic heterocycles. The fraction of sp³-hybridized carbons (Fsp3) is 0.0714. The zero-order valence-electron chi connectivity index (χ0n) is 9.41. The molecule has 0 aromatic heterocycles. The van der Waals surface area contributed by atoms with E-state index in [1.807, 2.05) is 18.2 Å². The van der Waals surface area contributed by atoms with Crippen LogP contribution in [0.2, 0.25) is 5.02 Å². The standard InChI is InChI=1S/C14H12ClNO/c1-16-13-8-3-2-7-12(13)14(17)10-5-4-6-11(15)9-10/h2-9,16H,1H3. The molecule has 0 radical (unpaired) electrons. The Morgan fingerprint density at radius 3 is 2.59 bits per heavy atom. The average molecular weight is 246 g/mol. The van der Waals surface area contributed by atoms with Gasteiger partial charge in [0.15, 0.2) is 5.78 Å². The summed E-state index contributed by atoms with van der Waals surface area (Å²) in [6.45, 7) is 0. The lowest BCUT2D eigenvalue weighted by molar-refractivity contribution is 0.103. The summed E-state index contributed by atoms with van der Waals surface area (Å²) < 4.78 is 0. The second-order valence-corrected chi connectivity index (χ2v) is 4.07. The molecular weight excluding hydrogens is 234 g/mol. The molecule has 86 valence electrons. The zero-order valence-corrected chi connectivity index (χ0v) is 10.2. The molecule has 1 N–H and O–H groups in total. The maximum atomic E-state index is 12.3. The van der Waals surface area contributed by atoms with Crippen molar-refractivity contribution in [1.29, 1.82) is 0 Å². The molecular formula is C14H12ClNO. The number of carbonyl (C=O) groups excluding carboxylic acids is 1. The first-order valence-electron chi connectivity index (χ1n) is 5.29. The molecule has 2 aromatic rings. The van der Waals surface area contributed by atoms with Crippen LogP contribution in [0.25, 0.3) is 0 Å². The molecule has 0 amide bonds. The van der Waals surface area contributed by atoms with E-state index < -0.39 is 0 Å². The summed E-state index contributed by atoms with van der Waals surface area (Å²) in [5, 5.41) is 3.57. The molecule has 17 heavy (non-hydrogen) atoms. The van der Waals surface area contributed by atoms with Crippen LogP contribution < -0.4 is 5.32 Å². The first kappa shape index (κ1) is 11.7. The van der Waals surface area contributed by atoms with Crippen LogP contribution in [0.5, 0.6) is 0 Å². The first-order chi connectivity index (χ1) is 8.22. The number of rotatable bonds is 3. The number of hydrogen-bond acceptors (Lipinski definition) is 2. The van der Waals surface area contributed by atoms with E-state index in [9.17, 15) is 4.79 Å². The number of anilines is 1. The molecule has 3 heteroatoms. The van der Waals surface area contributed by atoms with Crippen LogP contribution in [0, 0.1) is 0 Å². The molecule has 0 aliphatic carbocycles. The summed E-state index contributed by atoms with van der Waals surface area (Å²) in [7, 11) is 1.80. The van der Waals surface area contributed by atoms with Crippen molar-refractivity contribution in [3.63, 3.8) is 0 Å². The largest absolute Gasteiger partial charge is 0.388 e. The highest BCUT2D eigenvalue weighted by molar-refractivity contribution is 6.31. The number of halogens is 1. The zero-order chi connectivity index (χ0) is 12.3. The molecule has 2 aromatic carbocycles. The highest BCUT2D eigenvalue weighted by Crippen LogP contribution is 2.20. The lowest BCUT2D eigenvalue weighted by atomic mass is 10.0. The Morgan fingerprint density at radius 1 is 1.12 bits per heavy atom. The third-order valence-corrected chi connectivity index (χ3v) is 2.76. The van der Waals surface area contributed by atoms with Gasteiger partial charge in [0, 0.05) is 28.9 Å². The molecule has 0 atom stereocenters. The molecule has 0 saturated carbocycles. The smallest absolute Gasteiger partial charge is 0.195 e. The predicted molar refractivity (Wildman–Crippen MR) is 70.9 cm³/mol. The monoisotopic (exact) mass is 245 g/mol. The third kappa shape index (κ3) is 2.48. The van der Waals surface area contributed by atoms with E-state index in [2.05, 4.69) is 5.32 Å². The Hall–Kier alpha value is -1.80. The molecule has 2 rings (SSSR count). The quantitative estimate of drug-likeness (QED) is 0.837. The van der Waals surface area contributed by atoms with Gasteiger partial charge in [-0.2, -0.15) is 0 Å². The number of benzene rings is 2. The van der Waals surface area contributed by atoms with Gasteiger partial charge in [-0.3, -0.25) is 4.79 Å². The predicted octanol–water partition coefficient (Wildman–Crippen LogP) is 3.61. The van der Waals surface area contributed by atoms with Crippen molar-refractivity contribution in [3.8, 4) is 0 Å². The van der Waals surface area contributed by atoms with E-state index in [0.29, 0.717) is 16.1 Å². The number of carbonyl (C=O) groups is 1. The van der Waals surface area contributed by atoms with Crippen LogP contribution >= 0.6 is 11.6 Å². The normalized spacial score (nSPS) is 10.0. The summed E-state index contributed by atoms with van der Waals surface area (Å²) >= 11 is 5.88. The van der Waals surface area contributed by atoms with E-state index >= 15 is 0 Å². The number of para-hydroxylation sites is 1. The Kier molecular flexibility index (Phi) is 3.45. The highest BCUT2D eigenvalue weighted by atomic mass is 35.5. The van der Waals surface area contributed by atoms with Crippen molar-refractivity contribution in [2.75, 3.05) is 12.4 Å². The molecule has 0 saturated heterocycles. The van der Waals surface area contributed by atoms with Gasteiger partial charge < -0.3 is 5.32 Å². The Balaban J connectivity index is 2.44. The van der Waals surface area contributed by atoms with E-state index in [-0.39, 0.29) is 5.78 Å². The van der Waals surface area contributed by atoms with Crippen LogP contribution in [0.15, 0.2) is 48.5 Å². The number of nitrogens with one attached hydrogen (secondary N) is 1. The van der Waals surface area contributed by atoms with E-state index in [1.54, 1.807) is 37.4 Å². The molecule has 0 unspecified atom stereocenters. The summed E-state index contributed by atoms with van der Waals surface area (Å²) in [6, 6.07) is 14.4. The maximum absolute atomic E-state index is 12.3. The lowest BCUT2D eigenvalue weighted by Gasteiger charge is -2.07. The van der Waals surface area contributed by atoms with Gasteiger partial charge in [0.1, 0.15) is 0 Å². The van der Waals surface area contributed by atoms with Crippen LogP contribution in [-0.2, 0) is 0 Å². The van der Waals surface area contributed by atoms with Crippen LogP contribution in [0.3, 0.4) is 0 Å². The third-order valence-electron chi connectivity index (χ3n) is 2.53. The van der Waals surface area contributed by atoms with Crippen molar-refractivity contribution in [1.82, 2.24) is 0 Å². The van der Waals surface area contributed by atoms with Crippen molar-refractivity contribution < 1.29 is 4.79 Å². The second kappa shape index (κ2) is 5.02. The SMILES string of the molecule is CNc1ccccc1C(=O)c1cccc(Cl)c1. The fourth-order valence-electron chi connectivity index (χ4n) is 1.68. The summed E-state index contributed by atoms with van der Waals surface area (Å²) in [5.74, 6) is -0.0301. The van der Waals surface area contributed by atoms with Crippen LogP contribution in [-0.4, -0.2) is 12.8 Å². The fourth-order valence-corrected chi connectivity index (χ4v) is 1.87. The molecule has 2 nitrogen and oxygen atoms in total. The molecule has 0 fully saturated rings. The minimum Gasteiger partial charge on any atom is -0.388 e. The Morgan fingerprint density at radius 2 is 1.88 bits per heavy atom. The van der Waals surface area contributed by atoms with Gasteiger partial charge in [-0.25, -0.2) is 0 Å². The first-order valence-corrected chi connectivity index (χ1v) is 5.67. The van der Waals surface area contributed by atoms with E-state index in [4.69, 9.17) is 11.6 Å². The molecule has 0 spiro atoms. The van der Waals surface area contributed by atoms with Crippen LogP contribution in [0.1, 0.15) is 15.9 Å². The van der Waals surface area contributed by atoms with Crippen molar-refractivity contribution in [3.05, 3.63) is 64.7 Å². The summed E-state index contributed by atoms with van der Waals surface area (Å²) in [5.41, 5.74) is 2.06. The Labute approximate surface area is 105 Å². The van der Waals surface area contributed by atoms with Gasteiger partial charge in [0.25, 0.3) is 0 Å². The number of hydrogen-bond donors (Lipinski definition) is 1. The highest BCUT2D eigenvalue weighted by Gasteiger charge is 2.12. The van der Waals surface area contributed by atoms with Crippen LogP contribution in [0.4, 0.5) is 5.69 Å². The van der Waals surface area contributed by atoms with Gasteiger partial charge in [0.05, 0.1) is 0 Å². The maximum Gasteiger partial charge on any atom is 0.195 e. The minimum atomic E-state index is -0.0301. The lowest BCUT2D eigenvalue weighted by Crippen LogP contribution is -2.05. The minimum absolute atomic E-state index is 0.0301. The topological polar surface area (TPSA) is 29.1 Å². The molecule has 0 aliphatic rings. The van der Waals surface area contributed by atoms with Crippen molar-refractivity contribution in [2.45, 2.75) is 0 Å². The van der Waals surface area contributed by atoms with Gasteiger partial charge in [-0.1, -0.05) is 35.9 Å².